The molecule has 3 aromatic rings. The summed E-state index contributed by atoms with van der Waals surface area (Å²) in [5.74, 6) is -1.04. The summed E-state index contributed by atoms with van der Waals surface area (Å²) in [5.41, 5.74) is 1.57. The van der Waals surface area contributed by atoms with Crippen molar-refractivity contribution in [2.45, 2.75) is 25.8 Å². The number of halogens is 2. The smallest absolute Gasteiger partial charge is 0.275 e. The fraction of sp³-hybridized carbons (Fsp3) is 0.167. The quantitative estimate of drug-likeness (QED) is 0.483. The number of aromatic nitrogens is 1. The monoisotopic (exact) mass is 467 g/mol. The topological polar surface area (TPSA) is 70.6 Å². The molecule has 0 radical (unpaired) electrons. The minimum Gasteiger partial charge on any atom is -0.275 e. The van der Waals surface area contributed by atoms with Crippen LogP contribution in [0.2, 0.25) is 10.0 Å². The molecule has 1 saturated heterocycles. The van der Waals surface area contributed by atoms with E-state index >= 15 is 0 Å². The van der Waals surface area contributed by atoms with Crippen molar-refractivity contribution in [3.05, 3.63) is 82.6 Å². The molecule has 0 N–H and O–H groups in total. The van der Waals surface area contributed by atoms with Crippen molar-refractivity contribution < 1.29 is 14.4 Å². The maximum Gasteiger partial charge on any atom is 0.339 e. The van der Waals surface area contributed by atoms with Crippen LogP contribution in [0.5, 0.6) is 0 Å². The number of nitrogens with zero attached hydrogens (tertiary/aromatic N) is 3. The second kappa shape index (κ2) is 8.37. The average molecular weight is 468 g/mol. The van der Waals surface area contributed by atoms with Gasteiger partial charge in [-0.3, -0.25) is 14.6 Å². The first kappa shape index (κ1) is 22.0. The van der Waals surface area contributed by atoms with Crippen LogP contribution in [-0.2, 0) is 16.0 Å². The maximum atomic E-state index is 13.5. The Morgan fingerprint density at radius 2 is 1.66 bits per heavy atom. The summed E-state index contributed by atoms with van der Waals surface area (Å²) in [6.45, 7) is 2.86. The highest BCUT2D eigenvalue weighted by Crippen LogP contribution is 2.37. The van der Waals surface area contributed by atoms with Crippen LogP contribution in [0.4, 0.5) is 10.5 Å². The van der Waals surface area contributed by atoms with E-state index in [1.807, 2.05) is 36.4 Å². The largest absolute Gasteiger partial charge is 0.339 e. The van der Waals surface area contributed by atoms with Gasteiger partial charge in [0.25, 0.3) is 5.91 Å². The molecule has 8 heteroatoms. The summed E-state index contributed by atoms with van der Waals surface area (Å²) in [5, 5.41) is 0.559. The van der Waals surface area contributed by atoms with Gasteiger partial charge in [-0.05, 0) is 47.9 Å². The van der Waals surface area contributed by atoms with Crippen molar-refractivity contribution in [1.82, 2.24) is 9.88 Å². The molecule has 6 nitrogen and oxygen atoms in total. The Morgan fingerprint density at radius 1 is 1.00 bits per heavy atom. The molecule has 0 saturated carbocycles. The minimum absolute atomic E-state index is 0.162. The third-order valence-corrected chi connectivity index (χ3v) is 5.89. The van der Waals surface area contributed by atoms with E-state index < -0.39 is 23.4 Å². The maximum absolute atomic E-state index is 13.5. The summed E-state index contributed by atoms with van der Waals surface area (Å²) >= 11 is 12.1. The predicted octanol–water partition coefficient (Wildman–Crippen LogP) is 5.37. The van der Waals surface area contributed by atoms with E-state index in [4.69, 9.17) is 23.2 Å². The number of hydrogen-bond donors (Lipinski definition) is 0. The first-order chi connectivity index (χ1) is 15.2. The van der Waals surface area contributed by atoms with Gasteiger partial charge >= 0.3 is 6.03 Å². The minimum atomic E-state index is -1.40. The highest BCUT2D eigenvalue weighted by molar-refractivity contribution is 6.36. The SMILES string of the molecule is CC(=O)N1C(=O)N(c2cc(Cl)cc(Cl)c2)C(=O)[C@@]1(C)Cc1ccc(-c2cccnc2)cc1. The first-order valence-electron chi connectivity index (χ1n) is 9.85. The van der Waals surface area contributed by atoms with Crippen molar-refractivity contribution in [3.8, 4) is 11.1 Å². The number of rotatable bonds is 4. The van der Waals surface area contributed by atoms with Gasteiger partial charge in [-0.2, -0.15) is 0 Å². The van der Waals surface area contributed by atoms with Crippen molar-refractivity contribution in [2.24, 2.45) is 0 Å². The summed E-state index contributed by atoms with van der Waals surface area (Å²) in [6, 6.07) is 15.1. The van der Waals surface area contributed by atoms with Crippen molar-refractivity contribution in [2.75, 3.05) is 4.90 Å². The van der Waals surface area contributed by atoms with Gasteiger partial charge in [0.05, 0.1) is 5.69 Å². The van der Waals surface area contributed by atoms with Gasteiger partial charge in [0.15, 0.2) is 0 Å². The predicted molar refractivity (Wildman–Crippen MR) is 124 cm³/mol. The van der Waals surface area contributed by atoms with Gasteiger partial charge in [0.1, 0.15) is 5.54 Å². The number of carbonyl (C=O) groups is 3. The lowest BCUT2D eigenvalue weighted by Crippen LogP contribution is -2.51. The summed E-state index contributed by atoms with van der Waals surface area (Å²) in [7, 11) is 0. The molecule has 162 valence electrons. The Hall–Kier alpha value is -3.22. The molecule has 4 amide bonds. The molecule has 4 rings (SSSR count). The van der Waals surface area contributed by atoms with Gasteiger partial charge < -0.3 is 0 Å². The number of imide groups is 2. The van der Waals surface area contributed by atoms with Gasteiger partial charge in [-0.15, -0.1) is 0 Å². The Kier molecular flexibility index (Phi) is 5.75. The molecular formula is C24H19Cl2N3O3. The molecule has 32 heavy (non-hydrogen) atoms. The van der Waals surface area contributed by atoms with Gasteiger partial charge in [0.2, 0.25) is 5.91 Å². The average Bonchev–Trinajstić information content (AvgIpc) is 2.93. The molecule has 1 fully saturated rings. The number of hydrogen-bond acceptors (Lipinski definition) is 4. The van der Waals surface area contributed by atoms with Crippen LogP contribution in [0.1, 0.15) is 19.4 Å². The van der Waals surface area contributed by atoms with Gasteiger partial charge in [-0.1, -0.05) is 53.5 Å². The van der Waals surface area contributed by atoms with Crippen LogP contribution in [-0.4, -0.2) is 33.3 Å². The van der Waals surface area contributed by atoms with Crippen molar-refractivity contribution in [3.63, 3.8) is 0 Å². The van der Waals surface area contributed by atoms with E-state index in [9.17, 15) is 14.4 Å². The standard InChI is InChI=1S/C24H19Cl2N3O3/c1-15(30)29-23(32)28(21-11-19(25)10-20(26)12-21)22(31)24(29,2)13-16-5-7-17(8-6-16)18-4-3-9-27-14-18/h3-12,14H,13H2,1-2H3/t24-/m1/s1. The molecule has 1 aliphatic rings. The fourth-order valence-electron chi connectivity index (χ4n) is 4.01. The number of urea groups is 1. The van der Waals surface area contributed by atoms with Crippen LogP contribution >= 0.6 is 23.2 Å². The number of amides is 4. The van der Waals surface area contributed by atoms with Crippen molar-refractivity contribution in [1.29, 1.82) is 0 Å². The molecule has 0 unspecified atom stereocenters. The zero-order chi connectivity index (χ0) is 23.0. The van der Waals surface area contributed by atoms with E-state index in [2.05, 4.69) is 4.98 Å². The Morgan fingerprint density at radius 3 is 2.22 bits per heavy atom. The highest BCUT2D eigenvalue weighted by Gasteiger charge is 2.56. The van der Waals surface area contributed by atoms with Crippen LogP contribution in [0.15, 0.2) is 67.0 Å². The summed E-state index contributed by atoms with van der Waals surface area (Å²) in [6.07, 6.45) is 3.63. The second-order valence-corrected chi connectivity index (χ2v) is 8.67. The van der Waals surface area contributed by atoms with E-state index in [0.717, 1.165) is 26.5 Å². The summed E-state index contributed by atoms with van der Waals surface area (Å²) < 4.78 is 0. The molecule has 1 atom stereocenters. The molecular weight excluding hydrogens is 449 g/mol. The third kappa shape index (κ3) is 3.87. The zero-order valence-corrected chi connectivity index (χ0v) is 18.9. The van der Waals surface area contributed by atoms with E-state index in [0.29, 0.717) is 0 Å². The van der Waals surface area contributed by atoms with E-state index in [1.165, 1.54) is 25.1 Å². The lowest BCUT2D eigenvalue weighted by molar-refractivity contribution is -0.135. The Bertz CT molecular complexity index is 1190. The lowest BCUT2D eigenvalue weighted by atomic mass is 9.90. The Balaban J connectivity index is 1.69. The second-order valence-electron chi connectivity index (χ2n) is 7.79. The number of benzene rings is 2. The molecule has 1 aliphatic heterocycles. The van der Waals surface area contributed by atoms with Gasteiger partial charge in [0, 0.05) is 35.8 Å². The number of anilines is 1. The van der Waals surface area contributed by atoms with Crippen LogP contribution in [0.25, 0.3) is 11.1 Å². The molecule has 2 heterocycles. The summed E-state index contributed by atoms with van der Waals surface area (Å²) in [4.78, 5) is 45.1. The third-order valence-electron chi connectivity index (χ3n) is 5.46. The van der Waals surface area contributed by atoms with Crippen LogP contribution < -0.4 is 4.90 Å². The first-order valence-corrected chi connectivity index (χ1v) is 10.6. The zero-order valence-electron chi connectivity index (χ0n) is 17.4. The fourth-order valence-corrected chi connectivity index (χ4v) is 4.53. The molecule has 0 aliphatic carbocycles. The highest BCUT2D eigenvalue weighted by atomic mass is 35.5. The number of carbonyl (C=O) groups excluding carboxylic acids is 3. The molecule has 1 aromatic heterocycles. The lowest BCUT2D eigenvalue weighted by Gasteiger charge is -2.29. The van der Waals surface area contributed by atoms with Crippen LogP contribution in [0.3, 0.4) is 0 Å². The molecule has 2 aromatic carbocycles. The van der Waals surface area contributed by atoms with E-state index in [1.54, 1.807) is 19.3 Å². The number of pyridine rings is 1. The normalized spacial score (nSPS) is 18.4. The van der Waals surface area contributed by atoms with Crippen LogP contribution in [0, 0.1) is 0 Å². The van der Waals surface area contributed by atoms with Gasteiger partial charge in [-0.25, -0.2) is 14.6 Å². The molecule has 0 bridgehead atoms. The van der Waals surface area contributed by atoms with E-state index in [-0.39, 0.29) is 22.2 Å². The molecule has 0 spiro atoms. The Labute approximate surface area is 195 Å². The van der Waals surface area contributed by atoms with Crippen molar-refractivity contribution >= 4 is 46.7 Å².